The Balaban J connectivity index is 1.49. The number of rotatable bonds is 6. The number of carbonyl (C=O) groups excluding carboxylic acids is 3. The average molecular weight is 519 g/mol. The molecule has 3 amide bonds. The zero-order valence-corrected chi connectivity index (χ0v) is 21.8. The van der Waals surface area contributed by atoms with E-state index in [1.54, 1.807) is 12.1 Å². The molecule has 0 spiro atoms. The fraction of sp³-hybridized carbons (Fsp3) is 0.480. The maximum Gasteiger partial charge on any atom is 0.414 e. The lowest BCUT2D eigenvalue weighted by Gasteiger charge is -2.32. The highest BCUT2D eigenvalue weighted by molar-refractivity contribution is 7.18. The van der Waals surface area contributed by atoms with E-state index in [2.05, 4.69) is 15.5 Å². The molecule has 0 bridgehead atoms. The van der Waals surface area contributed by atoms with E-state index in [1.807, 2.05) is 39.0 Å². The fourth-order valence-electron chi connectivity index (χ4n) is 4.08. The molecule has 2 saturated heterocycles. The van der Waals surface area contributed by atoms with Crippen molar-refractivity contribution in [2.45, 2.75) is 46.1 Å². The van der Waals surface area contributed by atoms with Crippen molar-refractivity contribution in [3.05, 3.63) is 39.5 Å². The van der Waals surface area contributed by atoms with E-state index >= 15 is 0 Å². The number of nitrogens with zero attached hydrogens (tertiary/aromatic N) is 2. The van der Waals surface area contributed by atoms with Gasteiger partial charge in [0.15, 0.2) is 0 Å². The van der Waals surface area contributed by atoms with Gasteiger partial charge < -0.3 is 20.3 Å². The van der Waals surface area contributed by atoms with Crippen LogP contribution in [0.1, 0.15) is 49.7 Å². The summed E-state index contributed by atoms with van der Waals surface area (Å²) in [5, 5.41) is 5.87. The van der Waals surface area contributed by atoms with Crippen LogP contribution in [0.25, 0.3) is 0 Å². The van der Waals surface area contributed by atoms with Crippen molar-refractivity contribution in [1.29, 1.82) is 0 Å². The van der Waals surface area contributed by atoms with Gasteiger partial charge in [0.05, 0.1) is 33.7 Å². The standard InChI is InChI=1S/C25H31ClN4O4S/c1-25(2,3)23(32)28-18-13-16(7-8-19(18)29-11-5-4-6-12-29)30-15-17(34-24(30)33)14-27-22(31)20-9-10-21(26)35-20/h7-10,13,17H,4-6,11-12,14-15H2,1-3H3,(H,27,31)(H,28,32). The number of nitrogens with one attached hydrogen (secondary N) is 2. The monoisotopic (exact) mass is 518 g/mol. The Morgan fingerprint density at radius 2 is 1.89 bits per heavy atom. The second kappa shape index (κ2) is 10.5. The first-order valence-corrected chi connectivity index (χ1v) is 13.0. The van der Waals surface area contributed by atoms with E-state index in [0.717, 1.165) is 31.6 Å². The first-order chi connectivity index (χ1) is 16.6. The van der Waals surface area contributed by atoms with Crippen molar-refractivity contribution in [3.8, 4) is 0 Å². The number of hydrogen-bond donors (Lipinski definition) is 2. The first kappa shape index (κ1) is 25.3. The minimum atomic E-state index is -0.558. The number of benzene rings is 1. The first-order valence-electron chi connectivity index (χ1n) is 11.8. The summed E-state index contributed by atoms with van der Waals surface area (Å²) in [5.41, 5.74) is 1.72. The van der Waals surface area contributed by atoms with Gasteiger partial charge in [-0.3, -0.25) is 14.5 Å². The molecule has 1 aromatic carbocycles. The maximum atomic E-state index is 12.8. The number of anilines is 3. The van der Waals surface area contributed by atoms with E-state index in [-0.39, 0.29) is 18.4 Å². The lowest BCUT2D eigenvalue weighted by atomic mass is 9.95. The van der Waals surface area contributed by atoms with Crippen LogP contribution in [-0.2, 0) is 9.53 Å². The third-order valence-electron chi connectivity index (χ3n) is 6.08. The zero-order chi connectivity index (χ0) is 25.2. The molecule has 10 heteroatoms. The zero-order valence-electron chi connectivity index (χ0n) is 20.2. The van der Waals surface area contributed by atoms with Gasteiger partial charge >= 0.3 is 6.09 Å². The minimum absolute atomic E-state index is 0.0915. The van der Waals surface area contributed by atoms with Crippen LogP contribution in [-0.4, -0.2) is 50.2 Å². The van der Waals surface area contributed by atoms with Gasteiger partial charge in [-0.05, 0) is 49.6 Å². The van der Waals surface area contributed by atoms with Crippen LogP contribution < -0.4 is 20.4 Å². The lowest BCUT2D eigenvalue weighted by molar-refractivity contribution is -0.123. The van der Waals surface area contributed by atoms with Gasteiger partial charge in [-0.25, -0.2) is 4.79 Å². The Bertz CT molecular complexity index is 1110. The Morgan fingerprint density at radius 3 is 2.54 bits per heavy atom. The molecule has 1 aromatic heterocycles. The van der Waals surface area contributed by atoms with Crippen LogP contribution in [0.4, 0.5) is 21.9 Å². The second-order valence-electron chi connectivity index (χ2n) is 9.88. The average Bonchev–Trinajstić information content (AvgIpc) is 3.42. The van der Waals surface area contributed by atoms with Crippen LogP contribution in [0.5, 0.6) is 0 Å². The van der Waals surface area contributed by atoms with Crippen molar-refractivity contribution < 1.29 is 19.1 Å². The van der Waals surface area contributed by atoms with Crippen LogP contribution in [0, 0.1) is 5.41 Å². The molecule has 1 unspecified atom stereocenters. The molecular formula is C25H31ClN4O4S. The number of hydrogen-bond acceptors (Lipinski definition) is 6. The van der Waals surface area contributed by atoms with Crippen LogP contribution in [0.15, 0.2) is 30.3 Å². The van der Waals surface area contributed by atoms with E-state index in [0.29, 0.717) is 27.1 Å². The molecule has 0 aliphatic carbocycles. The summed E-state index contributed by atoms with van der Waals surface area (Å²) in [6, 6.07) is 9.01. The number of cyclic esters (lactones) is 1. The highest BCUT2D eigenvalue weighted by atomic mass is 35.5. The van der Waals surface area contributed by atoms with Gasteiger partial charge in [0.1, 0.15) is 6.10 Å². The SMILES string of the molecule is CC(C)(C)C(=O)Nc1cc(N2CC(CNC(=O)c3ccc(Cl)s3)OC2=O)ccc1N1CCCCC1. The summed E-state index contributed by atoms with van der Waals surface area (Å²) >= 11 is 7.09. The molecule has 0 radical (unpaired) electrons. The van der Waals surface area contributed by atoms with E-state index in [4.69, 9.17) is 16.3 Å². The Labute approximate surface area is 214 Å². The van der Waals surface area contributed by atoms with Crippen molar-refractivity contribution >= 4 is 57.9 Å². The Hall–Kier alpha value is -2.78. The highest BCUT2D eigenvalue weighted by Gasteiger charge is 2.33. The molecule has 35 heavy (non-hydrogen) atoms. The third kappa shape index (κ3) is 6.08. The summed E-state index contributed by atoms with van der Waals surface area (Å²) in [7, 11) is 0. The Kier molecular flexibility index (Phi) is 7.56. The molecule has 2 aliphatic rings. The summed E-state index contributed by atoms with van der Waals surface area (Å²) in [4.78, 5) is 42.1. The lowest BCUT2D eigenvalue weighted by Crippen LogP contribution is -2.34. The number of ether oxygens (including phenoxy) is 1. The molecule has 2 aromatic rings. The van der Waals surface area contributed by atoms with Crippen LogP contribution in [0.3, 0.4) is 0 Å². The Morgan fingerprint density at radius 1 is 1.14 bits per heavy atom. The molecule has 0 saturated carbocycles. The van der Waals surface area contributed by atoms with E-state index in [9.17, 15) is 14.4 Å². The van der Waals surface area contributed by atoms with Gasteiger partial charge in [-0.15, -0.1) is 11.3 Å². The second-order valence-corrected chi connectivity index (χ2v) is 11.6. The normalized spacial score (nSPS) is 18.4. The van der Waals surface area contributed by atoms with Gasteiger partial charge in [-0.2, -0.15) is 0 Å². The van der Waals surface area contributed by atoms with Crippen LogP contribution in [0.2, 0.25) is 4.34 Å². The van der Waals surface area contributed by atoms with E-state index in [1.165, 1.54) is 22.7 Å². The molecule has 2 aliphatic heterocycles. The topological polar surface area (TPSA) is 91.0 Å². The van der Waals surface area contributed by atoms with Crippen LogP contribution >= 0.6 is 22.9 Å². The highest BCUT2D eigenvalue weighted by Crippen LogP contribution is 2.35. The smallest absolute Gasteiger partial charge is 0.414 e. The predicted molar refractivity (Wildman–Crippen MR) is 140 cm³/mol. The van der Waals surface area contributed by atoms with Gasteiger partial charge in [-0.1, -0.05) is 32.4 Å². The summed E-state index contributed by atoms with van der Waals surface area (Å²) < 4.78 is 6.03. The molecular weight excluding hydrogens is 488 g/mol. The number of carbonyl (C=O) groups is 3. The van der Waals surface area contributed by atoms with E-state index < -0.39 is 17.6 Å². The van der Waals surface area contributed by atoms with Crippen molar-refractivity contribution in [3.63, 3.8) is 0 Å². The fourth-order valence-corrected chi connectivity index (χ4v) is 5.04. The molecule has 8 nitrogen and oxygen atoms in total. The van der Waals surface area contributed by atoms with Crippen molar-refractivity contribution in [2.75, 3.05) is 41.3 Å². The molecule has 188 valence electrons. The molecule has 2 N–H and O–H groups in total. The third-order valence-corrected chi connectivity index (χ3v) is 7.31. The number of amides is 3. The maximum absolute atomic E-state index is 12.8. The van der Waals surface area contributed by atoms with Gasteiger partial charge in [0.25, 0.3) is 5.91 Å². The predicted octanol–water partition coefficient (Wildman–Crippen LogP) is 5.13. The van der Waals surface area contributed by atoms with Crippen molar-refractivity contribution in [1.82, 2.24) is 5.32 Å². The number of thiophene rings is 1. The summed E-state index contributed by atoms with van der Waals surface area (Å²) in [5.74, 6) is -0.347. The van der Waals surface area contributed by atoms with Crippen molar-refractivity contribution in [2.24, 2.45) is 5.41 Å². The number of piperidine rings is 1. The molecule has 3 heterocycles. The minimum Gasteiger partial charge on any atom is -0.442 e. The largest absolute Gasteiger partial charge is 0.442 e. The number of halogens is 1. The quantitative estimate of drug-likeness (QED) is 0.553. The summed E-state index contributed by atoms with van der Waals surface area (Å²) in [6.45, 7) is 7.95. The summed E-state index contributed by atoms with van der Waals surface area (Å²) in [6.07, 6.45) is 2.45. The molecule has 4 rings (SSSR count). The van der Waals surface area contributed by atoms with Gasteiger partial charge in [0.2, 0.25) is 5.91 Å². The molecule has 2 fully saturated rings. The molecule has 1 atom stereocenters. The van der Waals surface area contributed by atoms with Gasteiger partial charge in [0, 0.05) is 24.2 Å².